The largest absolute Gasteiger partial charge is 0.507 e. The number of aromatic hydroxyl groups is 1. The van der Waals surface area contributed by atoms with E-state index in [9.17, 15) is 23.1 Å². The van der Waals surface area contributed by atoms with Crippen LogP contribution in [-0.2, 0) is 27.8 Å². The molecule has 0 atom stereocenters. The monoisotopic (exact) mass is 415 g/mol. The smallest absolute Gasteiger partial charge is 0.259 e. The van der Waals surface area contributed by atoms with E-state index in [0.717, 1.165) is 17.2 Å². The van der Waals surface area contributed by atoms with E-state index in [0.29, 0.717) is 24.3 Å². The van der Waals surface area contributed by atoms with Gasteiger partial charge in [-0.3, -0.25) is 9.59 Å². The van der Waals surface area contributed by atoms with E-state index in [-0.39, 0.29) is 17.9 Å². The molecular formula is C20H21N3O5S. The number of nitrogens with one attached hydrogen (secondary N) is 2. The van der Waals surface area contributed by atoms with Gasteiger partial charge >= 0.3 is 0 Å². The number of carbonyl (C=O) groups is 2. The fourth-order valence-electron chi connectivity index (χ4n) is 3.16. The van der Waals surface area contributed by atoms with Gasteiger partial charge < -0.3 is 15.7 Å². The summed E-state index contributed by atoms with van der Waals surface area (Å²) in [4.78, 5) is 24.2. The van der Waals surface area contributed by atoms with E-state index in [2.05, 4.69) is 17.2 Å². The number of rotatable bonds is 5. The lowest BCUT2D eigenvalue weighted by Crippen LogP contribution is -2.35. The zero-order valence-electron chi connectivity index (χ0n) is 15.8. The summed E-state index contributed by atoms with van der Waals surface area (Å²) in [6.45, 7) is 3.94. The highest BCUT2D eigenvalue weighted by Gasteiger charge is 2.25. The van der Waals surface area contributed by atoms with E-state index in [4.69, 9.17) is 0 Å². The number of benzene rings is 2. The summed E-state index contributed by atoms with van der Waals surface area (Å²) in [6.07, 6.45) is 2.73. The lowest BCUT2D eigenvalue weighted by Gasteiger charge is -2.28. The fraction of sp³-hybridized carbons (Fsp3) is 0.200. The third-order valence-corrected chi connectivity index (χ3v) is 5.89. The van der Waals surface area contributed by atoms with Gasteiger partial charge in [-0.1, -0.05) is 18.7 Å². The average Bonchev–Trinajstić information content (AvgIpc) is 2.68. The van der Waals surface area contributed by atoms with Crippen molar-refractivity contribution >= 4 is 33.2 Å². The number of carbonyl (C=O) groups excluding carboxylic acids is 2. The van der Waals surface area contributed by atoms with Gasteiger partial charge in [-0.15, -0.1) is 0 Å². The van der Waals surface area contributed by atoms with Crippen LogP contribution < -0.4 is 10.6 Å². The standard InChI is InChI=1S/C20H21N3O5S/c1-3-19(25)21-14-7-8-18(24)16(11-14)20(26)22-17-6-4-5-13-12-23(29(2,27)28)10-9-15(13)17/h3-8,11,24H,1,9-10,12H2,2H3,(H,21,25)(H,22,26). The summed E-state index contributed by atoms with van der Waals surface area (Å²) < 4.78 is 25.0. The third kappa shape index (κ3) is 4.64. The number of amides is 2. The second kappa shape index (κ2) is 8.06. The summed E-state index contributed by atoms with van der Waals surface area (Å²) in [5.74, 6) is -1.21. The Morgan fingerprint density at radius 1 is 1.21 bits per heavy atom. The Hall–Kier alpha value is -3.17. The molecule has 0 spiro atoms. The van der Waals surface area contributed by atoms with Crippen molar-refractivity contribution in [2.75, 3.05) is 23.4 Å². The van der Waals surface area contributed by atoms with Gasteiger partial charge in [0, 0.05) is 24.5 Å². The first-order chi connectivity index (χ1) is 13.7. The molecule has 0 saturated carbocycles. The summed E-state index contributed by atoms with van der Waals surface area (Å²) in [5, 5.41) is 15.4. The number of hydrogen-bond acceptors (Lipinski definition) is 5. The van der Waals surface area contributed by atoms with Crippen molar-refractivity contribution < 1.29 is 23.1 Å². The van der Waals surface area contributed by atoms with E-state index in [1.165, 1.54) is 28.8 Å². The van der Waals surface area contributed by atoms with Gasteiger partial charge in [-0.2, -0.15) is 4.31 Å². The van der Waals surface area contributed by atoms with Crippen LogP contribution in [0.1, 0.15) is 21.5 Å². The summed E-state index contributed by atoms with van der Waals surface area (Å²) in [5.41, 5.74) is 2.57. The highest BCUT2D eigenvalue weighted by molar-refractivity contribution is 7.88. The van der Waals surface area contributed by atoms with Crippen LogP contribution >= 0.6 is 0 Å². The molecule has 1 aliphatic heterocycles. The zero-order chi connectivity index (χ0) is 21.2. The minimum absolute atomic E-state index is 0.00182. The topological polar surface area (TPSA) is 116 Å². The van der Waals surface area contributed by atoms with Crippen LogP contribution in [0.2, 0.25) is 0 Å². The molecule has 0 bridgehead atoms. The van der Waals surface area contributed by atoms with Crippen molar-refractivity contribution in [3.05, 3.63) is 65.7 Å². The van der Waals surface area contributed by atoms with Crippen LogP contribution in [0.15, 0.2) is 49.1 Å². The molecule has 2 aromatic carbocycles. The van der Waals surface area contributed by atoms with Crippen LogP contribution in [0.4, 0.5) is 11.4 Å². The molecule has 0 unspecified atom stereocenters. The lowest BCUT2D eigenvalue weighted by atomic mass is 9.99. The molecule has 29 heavy (non-hydrogen) atoms. The summed E-state index contributed by atoms with van der Waals surface area (Å²) >= 11 is 0. The second-order valence-corrected chi connectivity index (χ2v) is 8.65. The van der Waals surface area contributed by atoms with Crippen LogP contribution in [0.5, 0.6) is 5.75 Å². The molecule has 152 valence electrons. The maximum absolute atomic E-state index is 12.7. The number of sulfonamides is 1. The molecule has 0 saturated heterocycles. The van der Waals surface area contributed by atoms with Crippen LogP contribution in [0.25, 0.3) is 0 Å². The van der Waals surface area contributed by atoms with Gasteiger partial charge in [0.05, 0.1) is 11.8 Å². The molecule has 2 aromatic rings. The van der Waals surface area contributed by atoms with Crippen molar-refractivity contribution in [1.29, 1.82) is 0 Å². The number of phenols is 1. The molecule has 2 amide bonds. The molecule has 1 heterocycles. The number of hydrogen-bond donors (Lipinski definition) is 3. The van der Waals surface area contributed by atoms with Crippen molar-refractivity contribution in [2.45, 2.75) is 13.0 Å². The first kappa shape index (κ1) is 20.6. The predicted octanol–water partition coefficient (Wildman–Crippen LogP) is 2.09. The van der Waals surface area contributed by atoms with E-state index >= 15 is 0 Å². The van der Waals surface area contributed by atoms with Crippen molar-refractivity contribution in [3.63, 3.8) is 0 Å². The predicted molar refractivity (Wildman–Crippen MR) is 110 cm³/mol. The van der Waals surface area contributed by atoms with Crippen molar-refractivity contribution in [1.82, 2.24) is 4.31 Å². The van der Waals surface area contributed by atoms with Gasteiger partial charge in [0.25, 0.3) is 5.91 Å². The molecule has 1 aliphatic rings. The first-order valence-corrected chi connectivity index (χ1v) is 10.7. The highest BCUT2D eigenvalue weighted by atomic mass is 32.2. The Morgan fingerprint density at radius 3 is 2.66 bits per heavy atom. The van der Waals surface area contributed by atoms with E-state index < -0.39 is 21.8 Å². The Balaban J connectivity index is 1.85. The van der Waals surface area contributed by atoms with Crippen LogP contribution in [-0.4, -0.2) is 42.4 Å². The fourth-order valence-corrected chi connectivity index (χ4v) is 3.96. The number of fused-ring (bicyclic) bond motifs is 1. The van der Waals surface area contributed by atoms with E-state index in [1.807, 2.05) is 6.07 Å². The first-order valence-electron chi connectivity index (χ1n) is 8.82. The van der Waals surface area contributed by atoms with E-state index in [1.54, 1.807) is 12.1 Å². The normalized spacial score (nSPS) is 14.0. The third-order valence-electron chi connectivity index (χ3n) is 4.64. The molecule has 0 fully saturated rings. The molecule has 8 nitrogen and oxygen atoms in total. The van der Waals surface area contributed by atoms with Crippen LogP contribution in [0, 0.1) is 0 Å². The van der Waals surface area contributed by atoms with Gasteiger partial charge in [0.2, 0.25) is 15.9 Å². The molecule has 0 aliphatic carbocycles. The Labute approximate surface area is 168 Å². The minimum atomic E-state index is -3.30. The maximum atomic E-state index is 12.7. The number of phenolic OH excluding ortho intramolecular Hbond substituents is 1. The highest BCUT2D eigenvalue weighted by Crippen LogP contribution is 2.29. The molecular weight excluding hydrogens is 394 g/mol. The maximum Gasteiger partial charge on any atom is 0.259 e. The van der Waals surface area contributed by atoms with Crippen molar-refractivity contribution in [2.24, 2.45) is 0 Å². The average molecular weight is 415 g/mol. The molecule has 0 aromatic heterocycles. The molecule has 3 N–H and O–H groups in total. The Bertz CT molecular complexity index is 1100. The molecule has 0 radical (unpaired) electrons. The molecule has 9 heteroatoms. The Morgan fingerprint density at radius 2 is 1.97 bits per heavy atom. The van der Waals surface area contributed by atoms with Crippen LogP contribution in [0.3, 0.4) is 0 Å². The number of anilines is 2. The van der Waals surface area contributed by atoms with Gasteiger partial charge in [-0.25, -0.2) is 8.42 Å². The Kier molecular flexibility index (Phi) is 5.71. The van der Waals surface area contributed by atoms with Gasteiger partial charge in [0.15, 0.2) is 0 Å². The van der Waals surface area contributed by atoms with Gasteiger partial charge in [-0.05, 0) is 47.9 Å². The van der Waals surface area contributed by atoms with Gasteiger partial charge in [0.1, 0.15) is 5.75 Å². The second-order valence-electron chi connectivity index (χ2n) is 6.67. The number of nitrogens with zero attached hydrogens (tertiary/aromatic N) is 1. The quantitative estimate of drug-likeness (QED) is 0.511. The molecule has 3 rings (SSSR count). The minimum Gasteiger partial charge on any atom is -0.507 e. The van der Waals surface area contributed by atoms with Crippen molar-refractivity contribution in [3.8, 4) is 5.75 Å². The SMILES string of the molecule is C=CC(=O)Nc1ccc(O)c(C(=O)Nc2cccc3c2CCN(S(C)(=O)=O)C3)c1. The zero-order valence-corrected chi connectivity index (χ0v) is 16.6. The summed E-state index contributed by atoms with van der Waals surface area (Å²) in [7, 11) is -3.30. The lowest BCUT2D eigenvalue weighted by molar-refractivity contribution is -0.111. The summed E-state index contributed by atoms with van der Waals surface area (Å²) in [6, 6.07) is 9.45.